The fourth-order valence-electron chi connectivity index (χ4n) is 1.54. The molecule has 0 aromatic rings. The Hall–Kier alpha value is -1.12. The molecule has 0 aromatic heterocycles. The molecule has 0 fully saturated rings. The fraction of sp³-hybridized carbons (Fsp3) is 1.00. The second-order valence-electron chi connectivity index (χ2n) is 5.48. The third-order valence-corrected chi connectivity index (χ3v) is 3.28. The van der Waals surface area contributed by atoms with Crippen molar-refractivity contribution in [3.63, 3.8) is 0 Å². The molecule has 0 aliphatic rings. The third kappa shape index (κ3) is 3.40. The van der Waals surface area contributed by atoms with Crippen LogP contribution in [-0.4, -0.2) is 53.8 Å². The number of hydrogen-bond acceptors (Lipinski definition) is 0. The average Bonchev–Trinajstić information content (AvgIpc) is 2.43. The summed E-state index contributed by atoms with van der Waals surface area (Å²) in [6.07, 6.45) is -9.99. The lowest BCUT2D eigenvalue weighted by atomic mass is 9.88. The molecule has 0 bridgehead atoms. The second kappa shape index (κ2) is 6.46. The second-order valence-corrected chi connectivity index (χ2v) is 5.48. The van der Waals surface area contributed by atoms with Crippen molar-refractivity contribution < 1.29 is 70.2 Å². The van der Waals surface area contributed by atoms with Gasteiger partial charge in [0.15, 0.2) is 6.17 Å². The summed E-state index contributed by atoms with van der Waals surface area (Å²) in [7, 11) is 0. The van der Waals surface area contributed by atoms with Crippen LogP contribution in [0.1, 0.15) is 13.8 Å². The van der Waals surface area contributed by atoms with Gasteiger partial charge in [-0.05, 0) is 6.92 Å². The van der Waals surface area contributed by atoms with Crippen LogP contribution >= 0.6 is 0 Å². The molecule has 0 amide bonds. The van der Waals surface area contributed by atoms with Gasteiger partial charge in [-0.1, -0.05) is 0 Å². The highest BCUT2D eigenvalue weighted by molar-refractivity contribution is 5.14. The summed E-state index contributed by atoms with van der Waals surface area (Å²) in [6.45, 7) is -1.45. The van der Waals surface area contributed by atoms with E-state index in [1.165, 1.54) is 0 Å². The first kappa shape index (κ1) is 25.9. The van der Waals surface area contributed by atoms with Crippen LogP contribution in [0, 0.1) is 0 Å². The van der Waals surface area contributed by atoms with E-state index in [9.17, 15) is 70.2 Å². The van der Waals surface area contributed by atoms with Gasteiger partial charge in [0.1, 0.15) is 0 Å². The van der Waals surface area contributed by atoms with Crippen LogP contribution in [0.15, 0.2) is 0 Å². The molecule has 0 radical (unpaired) electrons. The lowest BCUT2D eigenvalue weighted by molar-refractivity contribution is -0.435. The maximum atomic E-state index is 13.2. The van der Waals surface area contributed by atoms with Crippen molar-refractivity contribution in [2.24, 2.45) is 0 Å². The van der Waals surface area contributed by atoms with Crippen molar-refractivity contribution in [2.45, 2.75) is 67.6 Å². The Morgan fingerprint density at radius 2 is 0.741 bits per heavy atom. The minimum absolute atomic E-state index is 0.579. The fourth-order valence-corrected chi connectivity index (χ4v) is 1.54. The molecule has 27 heavy (non-hydrogen) atoms. The van der Waals surface area contributed by atoms with Crippen LogP contribution in [0.25, 0.3) is 0 Å². The Balaban J connectivity index is 6.53. The van der Waals surface area contributed by atoms with E-state index in [0.29, 0.717) is 0 Å². The van der Waals surface area contributed by atoms with Crippen LogP contribution in [0.4, 0.5) is 70.2 Å². The van der Waals surface area contributed by atoms with E-state index in [-0.39, 0.29) is 0 Å². The minimum atomic E-state index is -8.24. The van der Waals surface area contributed by atoms with Gasteiger partial charge in [0.2, 0.25) is 6.17 Å². The van der Waals surface area contributed by atoms with Crippen LogP contribution in [0.5, 0.6) is 0 Å². The van der Waals surface area contributed by atoms with Crippen molar-refractivity contribution >= 4 is 0 Å². The first-order valence-electron chi connectivity index (χ1n) is 6.28. The van der Waals surface area contributed by atoms with E-state index in [1.54, 1.807) is 0 Å². The van der Waals surface area contributed by atoms with Crippen molar-refractivity contribution in [1.29, 1.82) is 0 Å². The van der Waals surface area contributed by atoms with Gasteiger partial charge in [0, 0.05) is 6.92 Å². The van der Waals surface area contributed by atoms with E-state index < -0.39 is 67.6 Å². The Morgan fingerprint density at radius 3 is 0.963 bits per heavy atom. The highest BCUT2D eigenvalue weighted by Crippen LogP contribution is 2.61. The maximum absolute atomic E-state index is 13.2. The first-order valence-corrected chi connectivity index (χ1v) is 6.28. The highest BCUT2D eigenvalue weighted by atomic mass is 19.4. The van der Waals surface area contributed by atoms with Gasteiger partial charge in [-0.25, -0.2) is 17.6 Å². The van der Waals surface area contributed by atoms with Crippen LogP contribution in [-0.2, 0) is 0 Å². The monoisotopic (exact) mass is 444 g/mol. The molecule has 16 heteroatoms. The molecular weight excluding hydrogens is 436 g/mol. The predicted molar refractivity (Wildman–Crippen MR) is 55.8 cm³/mol. The zero-order valence-electron chi connectivity index (χ0n) is 12.7. The average molecular weight is 444 g/mol. The van der Waals surface area contributed by atoms with Gasteiger partial charge in [-0.2, -0.15) is 52.7 Å². The van der Waals surface area contributed by atoms with E-state index in [0.717, 1.165) is 0 Å². The van der Waals surface area contributed by atoms with E-state index >= 15 is 0 Å². The quantitative estimate of drug-likeness (QED) is 0.394. The molecule has 0 rings (SSSR count). The minimum Gasteiger partial charge on any atom is -0.241 e. The summed E-state index contributed by atoms with van der Waals surface area (Å²) in [4.78, 5) is 0. The summed E-state index contributed by atoms with van der Waals surface area (Å²) in [5.74, 6) is -51.9. The van der Waals surface area contributed by atoms with Gasteiger partial charge >= 0.3 is 35.5 Å². The standard InChI is InChI=1S/C11H8F16/c1-3(12)6(16,17)8(20,21)10(24,25)11(26,27)9(22,23)7(18,19)4(13)5(2,14)15/h3-4H,1-2H3. The number of halogens is 16. The summed E-state index contributed by atoms with van der Waals surface area (Å²) < 4.78 is 207. The molecule has 0 N–H and O–H groups in total. The lowest BCUT2D eigenvalue weighted by Crippen LogP contribution is -2.73. The molecule has 0 aliphatic carbocycles. The Morgan fingerprint density at radius 1 is 0.481 bits per heavy atom. The van der Waals surface area contributed by atoms with Gasteiger partial charge in [-0.15, -0.1) is 0 Å². The number of hydrogen-bond donors (Lipinski definition) is 0. The van der Waals surface area contributed by atoms with Gasteiger partial charge < -0.3 is 0 Å². The van der Waals surface area contributed by atoms with E-state index in [4.69, 9.17) is 0 Å². The van der Waals surface area contributed by atoms with Crippen molar-refractivity contribution in [3.05, 3.63) is 0 Å². The van der Waals surface area contributed by atoms with E-state index in [2.05, 4.69) is 0 Å². The maximum Gasteiger partial charge on any atom is 0.384 e. The zero-order valence-corrected chi connectivity index (χ0v) is 12.7. The normalized spacial score (nSPS) is 18.4. The molecule has 0 aromatic carbocycles. The molecule has 0 nitrogen and oxygen atoms in total. The molecule has 0 saturated heterocycles. The molecular formula is C11H8F16. The van der Waals surface area contributed by atoms with Crippen LogP contribution in [0.3, 0.4) is 0 Å². The van der Waals surface area contributed by atoms with Crippen molar-refractivity contribution in [1.82, 2.24) is 0 Å². The van der Waals surface area contributed by atoms with Crippen molar-refractivity contribution in [2.75, 3.05) is 0 Å². The van der Waals surface area contributed by atoms with Crippen molar-refractivity contribution in [3.8, 4) is 0 Å². The predicted octanol–water partition coefficient (Wildman–Crippen LogP) is 6.15. The zero-order chi connectivity index (χ0) is 22.7. The van der Waals surface area contributed by atoms with Crippen LogP contribution in [0.2, 0.25) is 0 Å². The number of alkyl halides is 16. The van der Waals surface area contributed by atoms with Gasteiger partial charge in [-0.3, -0.25) is 0 Å². The molecule has 0 aliphatic heterocycles. The molecule has 0 spiro atoms. The molecule has 164 valence electrons. The summed E-state index contributed by atoms with van der Waals surface area (Å²) in [6, 6.07) is 0. The smallest absolute Gasteiger partial charge is 0.241 e. The summed E-state index contributed by atoms with van der Waals surface area (Å²) in [5, 5.41) is 0. The molecule has 2 unspecified atom stereocenters. The first-order chi connectivity index (χ1) is 11.3. The van der Waals surface area contributed by atoms with Gasteiger partial charge in [0.25, 0.3) is 5.92 Å². The Labute approximate surface area is 139 Å². The highest BCUT2D eigenvalue weighted by Gasteiger charge is 2.92. The number of rotatable bonds is 8. The van der Waals surface area contributed by atoms with Crippen LogP contribution < -0.4 is 0 Å². The lowest BCUT2D eigenvalue weighted by Gasteiger charge is -2.42. The topological polar surface area (TPSA) is 0 Å². The largest absolute Gasteiger partial charge is 0.384 e. The Bertz CT molecular complexity index is 527. The molecule has 0 heterocycles. The SMILES string of the molecule is CC(F)C(F)(F)C(F)(F)C(F)(F)C(F)(F)C(F)(F)C(F)(F)C(F)C(C)(F)F. The molecule has 0 saturated carbocycles. The molecule has 2 atom stereocenters. The summed E-state index contributed by atoms with van der Waals surface area (Å²) in [5.41, 5.74) is 0. The van der Waals surface area contributed by atoms with E-state index in [1.807, 2.05) is 0 Å². The third-order valence-electron chi connectivity index (χ3n) is 3.28. The Kier molecular flexibility index (Phi) is 6.19. The van der Waals surface area contributed by atoms with Gasteiger partial charge in [0.05, 0.1) is 0 Å². The summed E-state index contributed by atoms with van der Waals surface area (Å²) >= 11 is 0.